The number of carbonyl (C=O) groups is 2. The summed E-state index contributed by atoms with van der Waals surface area (Å²) in [5, 5.41) is 2.79. The van der Waals surface area contributed by atoms with Gasteiger partial charge in [-0.25, -0.2) is 5.84 Å². The number of hydrogen-bond acceptors (Lipinski definition) is 6. The molecule has 1 aromatic carbocycles. The molecule has 0 spiro atoms. The van der Waals surface area contributed by atoms with Crippen molar-refractivity contribution in [3.05, 3.63) is 23.8 Å². The Labute approximate surface area is 110 Å². The zero-order valence-electron chi connectivity index (χ0n) is 10.3. The Hall–Kier alpha value is -2.12. The average molecular weight is 265 g/mol. The second-order valence-electron chi connectivity index (χ2n) is 4.06. The van der Waals surface area contributed by atoms with Gasteiger partial charge in [0.1, 0.15) is 5.75 Å². The average Bonchev–Trinajstić information content (AvgIpc) is 2.39. The Morgan fingerprint density at radius 3 is 3.05 bits per heavy atom. The molecule has 0 bridgehead atoms. The predicted octanol–water partition coefficient (Wildman–Crippen LogP) is 0.262. The molecule has 7 heteroatoms. The van der Waals surface area contributed by atoms with Crippen LogP contribution < -0.4 is 21.5 Å². The summed E-state index contributed by atoms with van der Waals surface area (Å²) in [6.45, 7) is 0.200. The van der Waals surface area contributed by atoms with Crippen LogP contribution in [0.3, 0.4) is 0 Å². The fourth-order valence-electron chi connectivity index (χ4n) is 1.82. The van der Waals surface area contributed by atoms with E-state index in [2.05, 4.69) is 10.2 Å². The molecule has 1 aliphatic rings. The molecule has 0 saturated carbocycles. The summed E-state index contributed by atoms with van der Waals surface area (Å²) in [5.41, 5.74) is 3.66. The van der Waals surface area contributed by atoms with Gasteiger partial charge in [0.15, 0.2) is 0 Å². The first-order chi connectivity index (χ1) is 9.19. The number of hydrogen-bond donors (Lipinski definition) is 3. The third kappa shape index (κ3) is 3.67. The Morgan fingerprint density at radius 1 is 1.42 bits per heavy atom. The van der Waals surface area contributed by atoms with Gasteiger partial charge in [0, 0.05) is 12.1 Å². The SMILES string of the molecule is NNOC(=O)CCOc1ccc2c(c1)CCC(=O)N2. The number of aryl methyl sites for hydroxylation is 1. The standard InChI is InChI=1S/C12H15N3O4/c13-15-19-12(17)5-6-18-9-2-3-10-8(7-9)1-4-11(16)14-10/h2-3,7,15H,1,4-6,13H2,(H,14,16). The van der Waals surface area contributed by atoms with E-state index in [1.165, 1.54) is 0 Å². The van der Waals surface area contributed by atoms with Crippen molar-refractivity contribution < 1.29 is 19.2 Å². The van der Waals surface area contributed by atoms with Crippen LogP contribution in [-0.2, 0) is 20.8 Å². The van der Waals surface area contributed by atoms with Crippen LogP contribution in [0.25, 0.3) is 0 Å². The molecule has 0 aromatic heterocycles. The summed E-state index contributed by atoms with van der Waals surface area (Å²) < 4.78 is 5.43. The summed E-state index contributed by atoms with van der Waals surface area (Å²) in [5.74, 6) is 5.02. The van der Waals surface area contributed by atoms with E-state index in [4.69, 9.17) is 10.6 Å². The maximum absolute atomic E-state index is 11.2. The normalized spacial score (nSPS) is 13.4. The highest BCUT2D eigenvalue weighted by molar-refractivity contribution is 5.93. The van der Waals surface area contributed by atoms with E-state index in [-0.39, 0.29) is 18.9 Å². The molecule has 0 radical (unpaired) electrons. The van der Waals surface area contributed by atoms with E-state index in [0.29, 0.717) is 18.6 Å². The van der Waals surface area contributed by atoms with Gasteiger partial charge >= 0.3 is 5.97 Å². The first-order valence-corrected chi connectivity index (χ1v) is 5.90. The van der Waals surface area contributed by atoms with E-state index in [1.807, 2.05) is 11.7 Å². The lowest BCUT2D eigenvalue weighted by Gasteiger charge is -2.17. The minimum absolute atomic E-state index is 0.0261. The van der Waals surface area contributed by atoms with Crippen molar-refractivity contribution in [3.8, 4) is 5.75 Å². The van der Waals surface area contributed by atoms with Crippen LogP contribution in [0, 0.1) is 0 Å². The third-order valence-corrected chi connectivity index (χ3v) is 2.72. The Bertz CT molecular complexity index is 490. The molecule has 0 saturated heterocycles. The molecular formula is C12H15N3O4. The molecule has 0 unspecified atom stereocenters. The lowest BCUT2D eigenvalue weighted by molar-refractivity contribution is -0.151. The number of ether oxygens (including phenoxy) is 1. The van der Waals surface area contributed by atoms with Crippen molar-refractivity contribution in [2.45, 2.75) is 19.3 Å². The highest BCUT2D eigenvalue weighted by atomic mass is 16.7. The Morgan fingerprint density at radius 2 is 2.26 bits per heavy atom. The van der Waals surface area contributed by atoms with E-state index in [0.717, 1.165) is 11.3 Å². The lowest BCUT2D eigenvalue weighted by atomic mass is 10.0. The van der Waals surface area contributed by atoms with Crippen molar-refractivity contribution in [2.75, 3.05) is 11.9 Å². The summed E-state index contributed by atoms with van der Waals surface area (Å²) in [7, 11) is 0. The number of amides is 1. The van der Waals surface area contributed by atoms with Gasteiger partial charge in [-0.1, -0.05) is 5.59 Å². The van der Waals surface area contributed by atoms with Crippen LogP contribution >= 0.6 is 0 Å². The van der Waals surface area contributed by atoms with Gasteiger partial charge in [-0.05, 0) is 30.2 Å². The number of anilines is 1. The third-order valence-electron chi connectivity index (χ3n) is 2.72. The van der Waals surface area contributed by atoms with Crippen molar-refractivity contribution in [3.63, 3.8) is 0 Å². The highest BCUT2D eigenvalue weighted by Crippen LogP contribution is 2.26. The molecule has 1 aromatic rings. The molecular weight excluding hydrogens is 250 g/mol. The van der Waals surface area contributed by atoms with E-state index >= 15 is 0 Å². The van der Waals surface area contributed by atoms with Gasteiger partial charge in [-0.3, -0.25) is 9.59 Å². The highest BCUT2D eigenvalue weighted by Gasteiger charge is 2.15. The second kappa shape index (κ2) is 6.17. The minimum Gasteiger partial charge on any atom is -0.493 e. The molecule has 0 fully saturated rings. The maximum Gasteiger partial charge on any atom is 0.329 e. The van der Waals surface area contributed by atoms with E-state index in [9.17, 15) is 9.59 Å². The predicted molar refractivity (Wildman–Crippen MR) is 66.9 cm³/mol. The topological polar surface area (TPSA) is 103 Å². The Kier molecular flexibility index (Phi) is 4.32. The molecule has 2 rings (SSSR count). The van der Waals surface area contributed by atoms with Crippen LogP contribution in [0.2, 0.25) is 0 Å². The quantitative estimate of drug-likeness (QED) is 0.521. The second-order valence-corrected chi connectivity index (χ2v) is 4.06. The van der Waals surface area contributed by atoms with Gasteiger partial charge < -0.3 is 14.9 Å². The number of carbonyl (C=O) groups excluding carboxylic acids is 2. The van der Waals surface area contributed by atoms with Gasteiger partial charge in [0.05, 0.1) is 13.0 Å². The van der Waals surface area contributed by atoms with Crippen LogP contribution in [0.1, 0.15) is 18.4 Å². The zero-order valence-corrected chi connectivity index (χ0v) is 10.3. The molecule has 0 atom stereocenters. The molecule has 4 N–H and O–H groups in total. The minimum atomic E-state index is -0.493. The van der Waals surface area contributed by atoms with Crippen LogP contribution in [0.5, 0.6) is 5.75 Å². The molecule has 1 amide bonds. The van der Waals surface area contributed by atoms with Crippen LogP contribution in [-0.4, -0.2) is 18.5 Å². The molecule has 1 heterocycles. The fourth-order valence-corrected chi connectivity index (χ4v) is 1.82. The maximum atomic E-state index is 11.2. The van der Waals surface area contributed by atoms with E-state index < -0.39 is 5.97 Å². The summed E-state index contributed by atoms with van der Waals surface area (Å²) in [4.78, 5) is 26.6. The summed E-state index contributed by atoms with van der Waals surface area (Å²) in [6.07, 6.45) is 1.26. The molecule has 7 nitrogen and oxygen atoms in total. The number of nitrogens with two attached hydrogens (primary N) is 1. The van der Waals surface area contributed by atoms with Gasteiger partial charge in [0.2, 0.25) is 5.91 Å². The van der Waals surface area contributed by atoms with Crippen molar-refractivity contribution in [2.24, 2.45) is 5.84 Å². The monoisotopic (exact) mass is 265 g/mol. The summed E-state index contributed by atoms with van der Waals surface area (Å²) in [6, 6.07) is 5.40. The van der Waals surface area contributed by atoms with Gasteiger partial charge in [0.25, 0.3) is 0 Å². The zero-order chi connectivity index (χ0) is 13.7. The van der Waals surface area contributed by atoms with Gasteiger partial charge in [-0.15, -0.1) is 0 Å². The van der Waals surface area contributed by atoms with Crippen LogP contribution in [0.15, 0.2) is 18.2 Å². The van der Waals surface area contributed by atoms with Crippen molar-refractivity contribution >= 4 is 17.6 Å². The number of hydrazine groups is 1. The lowest BCUT2D eigenvalue weighted by Crippen LogP contribution is -2.27. The molecule has 0 aliphatic carbocycles. The smallest absolute Gasteiger partial charge is 0.329 e. The molecule has 19 heavy (non-hydrogen) atoms. The summed E-state index contributed by atoms with van der Waals surface area (Å²) >= 11 is 0. The first-order valence-electron chi connectivity index (χ1n) is 5.90. The Balaban J connectivity index is 1.88. The largest absolute Gasteiger partial charge is 0.493 e. The van der Waals surface area contributed by atoms with Gasteiger partial charge in [-0.2, -0.15) is 0 Å². The molecule has 102 valence electrons. The van der Waals surface area contributed by atoms with Crippen LogP contribution in [0.4, 0.5) is 5.69 Å². The van der Waals surface area contributed by atoms with E-state index in [1.54, 1.807) is 12.1 Å². The number of nitrogens with one attached hydrogen (secondary N) is 2. The number of rotatable bonds is 5. The number of fused-ring (bicyclic) bond motifs is 1. The number of benzene rings is 1. The fraction of sp³-hybridized carbons (Fsp3) is 0.333. The molecule has 1 aliphatic heterocycles. The van der Waals surface area contributed by atoms with Crippen molar-refractivity contribution in [1.82, 2.24) is 5.59 Å². The first kappa shape index (κ1) is 13.3. The van der Waals surface area contributed by atoms with Crippen molar-refractivity contribution in [1.29, 1.82) is 0 Å².